The molecule has 9 nitrogen and oxygen atoms in total. The Morgan fingerprint density at radius 3 is 2.30 bits per heavy atom. The van der Waals surface area contributed by atoms with Crippen LogP contribution in [0.1, 0.15) is 26.3 Å². The van der Waals surface area contributed by atoms with E-state index in [4.69, 9.17) is 0 Å². The maximum Gasteiger partial charge on any atom is 0.373 e. The van der Waals surface area contributed by atoms with Crippen LogP contribution in [0.4, 0.5) is 11.6 Å². The number of nitro groups is 1. The van der Waals surface area contributed by atoms with E-state index in [-0.39, 0.29) is 29.2 Å². The van der Waals surface area contributed by atoms with Gasteiger partial charge in [0.2, 0.25) is 15.8 Å². The van der Waals surface area contributed by atoms with Crippen molar-refractivity contribution in [3.63, 3.8) is 0 Å². The summed E-state index contributed by atoms with van der Waals surface area (Å²) in [6, 6.07) is 7.00. The predicted molar refractivity (Wildman–Crippen MR) is 116 cm³/mol. The smallest absolute Gasteiger partial charge is 0.358 e. The molecule has 3 aromatic rings. The predicted octanol–water partition coefficient (Wildman–Crippen LogP) is 3.11. The summed E-state index contributed by atoms with van der Waals surface area (Å²) in [5.74, 6) is 0.207. The number of fused-ring (bicyclic) bond motifs is 1. The van der Waals surface area contributed by atoms with Crippen LogP contribution < -0.4 is 4.90 Å². The number of piperazine rings is 1. The van der Waals surface area contributed by atoms with Crippen molar-refractivity contribution in [2.24, 2.45) is 0 Å². The Labute approximate surface area is 178 Å². The highest BCUT2D eigenvalue weighted by Gasteiger charge is 2.33. The molecule has 1 aromatic carbocycles. The lowest BCUT2D eigenvalue weighted by Crippen LogP contribution is -2.49. The minimum absolute atomic E-state index is 0.0546. The van der Waals surface area contributed by atoms with Crippen molar-refractivity contribution in [3.8, 4) is 0 Å². The lowest BCUT2D eigenvalue weighted by Gasteiger charge is -2.33. The van der Waals surface area contributed by atoms with Crippen LogP contribution in [0.15, 0.2) is 40.7 Å². The number of hydrogen-bond donors (Lipinski definition) is 0. The highest BCUT2D eigenvalue weighted by molar-refractivity contribution is 7.89. The van der Waals surface area contributed by atoms with Gasteiger partial charge in [-0.3, -0.25) is 0 Å². The van der Waals surface area contributed by atoms with Crippen LogP contribution in [0.3, 0.4) is 0 Å². The van der Waals surface area contributed by atoms with Gasteiger partial charge in [0, 0.05) is 31.6 Å². The molecule has 0 amide bonds. The van der Waals surface area contributed by atoms with Crippen LogP contribution in [-0.4, -0.2) is 53.2 Å². The van der Waals surface area contributed by atoms with Crippen LogP contribution in [0, 0.1) is 10.1 Å². The van der Waals surface area contributed by atoms with Gasteiger partial charge in [0.25, 0.3) is 4.96 Å². The second-order valence-corrected chi connectivity index (χ2v) is 11.0. The number of aromatic nitrogens is 2. The molecule has 1 aliphatic rings. The standard InChI is InChI=1S/C19H23N5O4S2/c1-19(2,3)14-4-6-15(7-5-14)30(27,28)22-10-8-21(9-11-22)16-17(24(25)26)23-12-13-29-18(23)20-16/h4-7,12-13H,8-11H2,1-3H3. The Kier molecular flexibility index (Phi) is 5.07. The Balaban J connectivity index is 1.52. The third-order valence-corrected chi connectivity index (χ3v) is 7.96. The van der Waals surface area contributed by atoms with Crippen molar-refractivity contribution in [3.05, 3.63) is 51.5 Å². The lowest BCUT2D eigenvalue weighted by atomic mass is 9.87. The van der Waals surface area contributed by atoms with E-state index in [2.05, 4.69) is 25.8 Å². The van der Waals surface area contributed by atoms with Gasteiger partial charge in [0.15, 0.2) is 0 Å². The van der Waals surface area contributed by atoms with Crippen molar-refractivity contribution in [2.45, 2.75) is 31.1 Å². The summed E-state index contributed by atoms with van der Waals surface area (Å²) in [5.41, 5.74) is 1.01. The summed E-state index contributed by atoms with van der Waals surface area (Å²) in [5, 5.41) is 13.3. The van der Waals surface area contributed by atoms with E-state index in [9.17, 15) is 18.5 Å². The van der Waals surface area contributed by atoms with E-state index >= 15 is 0 Å². The van der Waals surface area contributed by atoms with Crippen LogP contribution in [0.25, 0.3) is 4.96 Å². The van der Waals surface area contributed by atoms with Gasteiger partial charge >= 0.3 is 5.82 Å². The molecular weight excluding hydrogens is 426 g/mol. The molecule has 0 N–H and O–H groups in total. The average Bonchev–Trinajstić information content (AvgIpc) is 3.28. The van der Waals surface area contributed by atoms with Gasteiger partial charge in [-0.1, -0.05) is 44.2 Å². The molecule has 1 fully saturated rings. The number of nitrogens with zero attached hydrogens (tertiary/aromatic N) is 5. The van der Waals surface area contributed by atoms with Crippen LogP contribution >= 0.6 is 11.3 Å². The molecule has 2 aromatic heterocycles. The van der Waals surface area contributed by atoms with Crippen LogP contribution in [0.5, 0.6) is 0 Å². The van der Waals surface area contributed by atoms with Crippen molar-refractivity contribution < 1.29 is 13.3 Å². The van der Waals surface area contributed by atoms with Gasteiger partial charge in [-0.25, -0.2) is 8.42 Å². The molecule has 1 aliphatic heterocycles. The number of anilines is 1. The fourth-order valence-electron chi connectivity index (χ4n) is 3.56. The Hall–Kier alpha value is -2.50. The molecule has 3 heterocycles. The van der Waals surface area contributed by atoms with E-state index in [1.54, 1.807) is 28.6 Å². The SMILES string of the molecule is CC(C)(C)c1ccc(S(=O)(=O)N2CCN(c3nc4sccn4c3[N+](=O)[O-])CC2)cc1. The van der Waals surface area contributed by atoms with E-state index in [1.807, 2.05) is 12.1 Å². The second kappa shape index (κ2) is 7.33. The van der Waals surface area contributed by atoms with Gasteiger partial charge in [-0.15, -0.1) is 0 Å². The molecule has 0 aliphatic carbocycles. The fourth-order valence-corrected chi connectivity index (χ4v) is 5.69. The first kappa shape index (κ1) is 20.8. The highest BCUT2D eigenvalue weighted by Crippen LogP contribution is 2.32. The summed E-state index contributed by atoms with van der Waals surface area (Å²) in [6.45, 7) is 7.40. The quantitative estimate of drug-likeness (QED) is 0.448. The largest absolute Gasteiger partial charge is 0.373 e. The Morgan fingerprint density at radius 1 is 1.10 bits per heavy atom. The zero-order chi connectivity index (χ0) is 21.7. The number of rotatable bonds is 4. The third kappa shape index (κ3) is 3.57. The Morgan fingerprint density at radius 2 is 1.73 bits per heavy atom. The fraction of sp³-hybridized carbons (Fsp3) is 0.421. The molecule has 0 bridgehead atoms. The summed E-state index contributed by atoms with van der Waals surface area (Å²) >= 11 is 1.32. The van der Waals surface area contributed by atoms with Crippen molar-refractivity contribution >= 4 is 38.0 Å². The minimum Gasteiger partial charge on any atom is -0.358 e. The van der Waals surface area contributed by atoms with Gasteiger partial charge in [-0.05, 0) is 28.0 Å². The molecule has 4 rings (SSSR count). The van der Waals surface area contributed by atoms with E-state index in [0.717, 1.165) is 5.56 Å². The normalized spacial score (nSPS) is 16.3. The van der Waals surface area contributed by atoms with Gasteiger partial charge in [0.05, 0.1) is 4.90 Å². The topological polar surface area (TPSA) is 101 Å². The highest BCUT2D eigenvalue weighted by atomic mass is 32.2. The number of hydrogen-bond acceptors (Lipinski definition) is 7. The average molecular weight is 450 g/mol. The van der Waals surface area contributed by atoms with Crippen molar-refractivity contribution in [1.82, 2.24) is 13.7 Å². The molecule has 11 heteroatoms. The number of imidazole rings is 1. The summed E-state index contributed by atoms with van der Waals surface area (Å²) in [7, 11) is -3.62. The van der Waals surface area contributed by atoms with Crippen molar-refractivity contribution in [2.75, 3.05) is 31.1 Å². The van der Waals surface area contributed by atoms with Gasteiger partial charge < -0.3 is 15.0 Å². The third-order valence-electron chi connectivity index (χ3n) is 5.29. The molecule has 0 saturated carbocycles. The van der Waals surface area contributed by atoms with Gasteiger partial charge in [-0.2, -0.15) is 13.7 Å². The number of benzene rings is 1. The first-order valence-electron chi connectivity index (χ1n) is 9.54. The summed E-state index contributed by atoms with van der Waals surface area (Å²) in [4.78, 5) is 18.1. The first-order valence-corrected chi connectivity index (χ1v) is 11.9. The minimum atomic E-state index is -3.62. The molecule has 0 radical (unpaired) electrons. The van der Waals surface area contributed by atoms with Crippen LogP contribution in [-0.2, 0) is 15.4 Å². The second-order valence-electron chi connectivity index (χ2n) is 8.24. The lowest BCUT2D eigenvalue weighted by molar-refractivity contribution is -0.389. The molecule has 0 spiro atoms. The maximum atomic E-state index is 13.0. The number of thiazole rings is 1. The monoisotopic (exact) mass is 449 g/mol. The number of sulfonamides is 1. The van der Waals surface area contributed by atoms with E-state index in [1.165, 1.54) is 20.0 Å². The summed E-state index contributed by atoms with van der Waals surface area (Å²) in [6.07, 6.45) is 1.62. The molecule has 1 saturated heterocycles. The molecular formula is C19H23N5O4S2. The van der Waals surface area contributed by atoms with Crippen LogP contribution in [0.2, 0.25) is 0 Å². The molecule has 30 heavy (non-hydrogen) atoms. The first-order chi connectivity index (χ1) is 14.1. The Bertz CT molecular complexity index is 1180. The van der Waals surface area contributed by atoms with Crippen molar-refractivity contribution in [1.29, 1.82) is 0 Å². The van der Waals surface area contributed by atoms with Gasteiger partial charge in [0.1, 0.15) is 6.20 Å². The maximum absolute atomic E-state index is 13.0. The molecule has 0 atom stereocenters. The summed E-state index contributed by atoms with van der Waals surface area (Å²) < 4.78 is 29.0. The molecule has 0 unspecified atom stereocenters. The van der Waals surface area contributed by atoms with E-state index in [0.29, 0.717) is 23.9 Å². The zero-order valence-corrected chi connectivity index (χ0v) is 18.6. The van der Waals surface area contributed by atoms with E-state index < -0.39 is 14.9 Å². The molecule has 160 valence electrons. The zero-order valence-electron chi connectivity index (χ0n) is 17.0.